The maximum Gasteiger partial charge on any atom is 0.350 e. The Morgan fingerprint density at radius 3 is 2.64 bits per heavy atom. The number of halogens is 1. The van der Waals surface area contributed by atoms with Gasteiger partial charge in [-0.3, -0.25) is 0 Å². The third kappa shape index (κ3) is 2.04. The maximum atomic E-state index is 14.2. The van der Waals surface area contributed by atoms with E-state index >= 15 is 0 Å². The molecule has 0 radical (unpaired) electrons. The molecule has 116 valence electrons. The molecular formula is C14H12FNO6. The zero-order valence-corrected chi connectivity index (χ0v) is 11.2. The molecule has 2 atom stereocenters. The Morgan fingerprint density at radius 2 is 1.95 bits per heavy atom. The van der Waals surface area contributed by atoms with Crippen molar-refractivity contribution in [2.75, 3.05) is 0 Å². The Bertz CT molecular complexity index is 755. The molecule has 3 rings (SSSR count). The van der Waals surface area contributed by atoms with Crippen molar-refractivity contribution in [2.24, 2.45) is 5.92 Å². The Labute approximate surface area is 123 Å². The van der Waals surface area contributed by atoms with Crippen LogP contribution >= 0.6 is 0 Å². The molecule has 2 aromatic rings. The molecule has 1 heterocycles. The number of fused-ring (bicyclic) bond motifs is 3. The van der Waals surface area contributed by atoms with Crippen LogP contribution in [0.3, 0.4) is 0 Å². The van der Waals surface area contributed by atoms with E-state index in [1.54, 1.807) is 6.07 Å². The SMILES string of the molecule is O=C(OO)C1CCc2[nH]c3cccc(F)c3c2C1C(=O)OO. The lowest BCUT2D eigenvalue weighted by atomic mass is 9.76. The van der Waals surface area contributed by atoms with E-state index in [1.807, 2.05) is 0 Å². The zero-order valence-electron chi connectivity index (χ0n) is 11.2. The highest BCUT2D eigenvalue weighted by molar-refractivity contribution is 5.95. The Kier molecular flexibility index (Phi) is 3.55. The summed E-state index contributed by atoms with van der Waals surface area (Å²) in [6, 6.07) is 4.38. The fraction of sp³-hybridized carbons (Fsp3) is 0.286. The molecule has 0 amide bonds. The van der Waals surface area contributed by atoms with Crippen LogP contribution in [0, 0.1) is 11.7 Å². The van der Waals surface area contributed by atoms with Gasteiger partial charge in [-0.1, -0.05) is 6.07 Å². The van der Waals surface area contributed by atoms with E-state index < -0.39 is 29.6 Å². The lowest BCUT2D eigenvalue weighted by Crippen LogP contribution is -2.34. The van der Waals surface area contributed by atoms with Gasteiger partial charge in [0.25, 0.3) is 0 Å². The molecule has 1 aliphatic rings. The van der Waals surface area contributed by atoms with Gasteiger partial charge in [0.2, 0.25) is 0 Å². The summed E-state index contributed by atoms with van der Waals surface area (Å²) in [5, 5.41) is 17.4. The molecular weight excluding hydrogens is 297 g/mol. The van der Waals surface area contributed by atoms with E-state index in [0.29, 0.717) is 17.6 Å². The highest BCUT2D eigenvalue weighted by atomic mass is 19.1. The molecule has 0 spiro atoms. The first-order valence-corrected chi connectivity index (χ1v) is 6.58. The molecule has 22 heavy (non-hydrogen) atoms. The Hall–Kier alpha value is -2.45. The van der Waals surface area contributed by atoms with E-state index in [2.05, 4.69) is 14.8 Å². The quantitative estimate of drug-likeness (QED) is 0.578. The van der Waals surface area contributed by atoms with Crippen LogP contribution in [0.2, 0.25) is 0 Å². The predicted octanol–water partition coefficient (Wildman–Crippen LogP) is 1.99. The monoisotopic (exact) mass is 309 g/mol. The number of aryl methyl sites for hydroxylation is 1. The first kappa shape index (κ1) is 14.5. The average Bonchev–Trinajstić information content (AvgIpc) is 2.92. The summed E-state index contributed by atoms with van der Waals surface area (Å²) in [6.45, 7) is 0. The second kappa shape index (κ2) is 5.39. The van der Waals surface area contributed by atoms with Gasteiger partial charge in [-0.15, -0.1) is 0 Å². The third-order valence-electron chi connectivity index (χ3n) is 4.05. The number of carbonyl (C=O) groups excluding carboxylic acids is 2. The molecule has 0 fully saturated rings. The van der Waals surface area contributed by atoms with Crippen LogP contribution in [0.4, 0.5) is 4.39 Å². The molecule has 0 saturated carbocycles. The summed E-state index contributed by atoms with van der Waals surface area (Å²) in [4.78, 5) is 34.1. The van der Waals surface area contributed by atoms with E-state index in [4.69, 9.17) is 10.5 Å². The number of benzene rings is 1. The summed E-state index contributed by atoms with van der Waals surface area (Å²) in [7, 11) is 0. The van der Waals surface area contributed by atoms with Crippen molar-refractivity contribution in [3.05, 3.63) is 35.3 Å². The third-order valence-corrected chi connectivity index (χ3v) is 4.05. The maximum absolute atomic E-state index is 14.2. The molecule has 7 nitrogen and oxygen atoms in total. The molecule has 0 aliphatic heterocycles. The number of aromatic amines is 1. The fourth-order valence-electron chi connectivity index (χ4n) is 3.15. The standard InChI is InChI=1S/C14H12FNO6/c15-7-2-1-3-8-11(7)12-9(16-8)5-4-6(13(17)21-19)10(12)14(18)22-20/h1-3,6,10,16,19-20H,4-5H2. The summed E-state index contributed by atoms with van der Waals surface area (Å²) in [5.41, 5.74) is 1.30. The van der Waals surface area contributed by atoms with E-state index in [-0.39, 0.29) is 17.4 Å². The number of rotatable bonds is 2. The normalized spacial score (nSPS) is 20.5. The highest BCUT2D eigenvalue weighted by Gasteiger charge is 2.44. The van der Waals surface area contributed by atoms with Gasteiger partial charge in [-0.25, -0.2) is 14.0 Å². The highest BCUT2D eigenvalue weighted by Crippen LogP contribution is 2.42. The van der Waals surface area contributed by atoms with Crippen molar-refractivity contribution in [1.82, 2.24) is 4.98 Å². The van der Waals surface area contributed by atoms with Crippen LogP contribution < -0.4 is 0 Å². The lowest BCUT2D eigenvalue weighted by Gasteiger charge is -2.26. The molecule has 8 heteroatoms. The van der Waals surface area contributed by atoms with Crippen LogP contribution in [0.5, 0.6) is 0 Å². The molecule has 2 unspecified atom stereocenters. The van der Waals surface area contributed by atoms with Crippen molar-refractivity contribution >= 4 is 22.8 Å². The fourth-order valence-corrected chi connectivity index (χ4v) is 3.15. The van der Waals surface area contributed by atoms with E-state index in [1.165, 1.54) is 12.1 Å². The largest absolute Gasteiger partial charge is 0.358 e. The molecule has 3 N–H and O–H groups in total. The van der Waals surface area contributed by atoms with Crippen LogP contribution in [0.15, 0.2) is 18.2 Å². The molecule has 1 aliphatic carbocycles. The van der Waals surface area contributed by atoms with Crippen molar-refractivity contribution < 1.29 is 34.3 Å². The van der Waals surface area contributed by atoms with Crippen LogP contribution in [-0.4, -0.2) is 27.4 Å². The van der Waals surface area contributed by atoms with Crippen molar-refractivity contribution in [1.29, 1.82) is 0 Å². The Balaban J connectivity index is 2.24. The topological polar surface area (TPSA) is 109 Å². The number of H-pyrrole nitrogens is 1. The van der Waals surface area contributed by atoms with Gasteiger partial charge < -0.3 is 14.8 Å². The van der Waals surface area contributed by atoms with Gasteiger partial charge in [-0.2, -0.15) is 10.5 Å². The van der Waals surface area contributed by atoms with Gasteiger partial charge >= 0.3 is 11.9 Å². The summed E-state index contributed by atoms with van der Waals surface area (Å²) in [6.07, 6.45) is 0.541. The second-order valence-electron chi connectivity index (χ2n) is 5.12. The van der Waals surface area contributed by atoms with Crippen LogP contribution in [0.25, 0.3) is 10.9 Å². The summed E-state index contributed by atoms with van der Waals surface area (Å²) in [5.74, 6) is -5.05. The van der Waals surface area contributed by atoms with Gasteiger partial charge in [0, 0.05) is 16.6 Å². The first-order valence-electron chi connectivity index (χ1n) is 6.58. The average molecular weight is 309 g/mol. The minimum Gasteiger partial charge on any atom is -0.358 e. The smallest absolute Gasteiger partial charge is 0.350 e. The van der Waals surface area contributed by atoms with Crippen LogP contribution in [0.1, 0.15) is 23.6 Å². The molecule has 1 aromatic heterocycles. The summed E-state index contributed by atoms with van der Waals surface area (Å²) < 4.78 is 14.2. The summed E-state index contributed by atoms with van der Waals surface area (Å²) >= 11 is 0. The van der Waals surface area contributed by atoms with Gasteiger partial charge in [0.15, 0.2) is 0 Å². The number of hydrogen-bond acceptors (Lipinski definition) is 6. The minimum atomic E-state index is -1.26. The first-order chi connectivity index (χ1) is 10.6. The van der Waals surface area contributed by atoms with Gasteiger partial charge in [-0.05, 0) is 30.5 Å². The van der Waals surface area contributed by atoms with Crippen molar-refractivity contribution in [3.8, 4) is 0 Å². The number of nitrogens with one attached hydrogen (secondary N) is 1. The van der Waals surface area contributed by atoms with E-state index in [0.717, 1.165) is 0 Å². The lowest BCUT2D eigenvalue weighted by molar-refractivity contribution is -0.247. The molecule has 1 aromatic carbocycles. The number of aromatic nitrogens is 1. The molecule has 0 saturated heterocycles. The van der Waals surface area contributed by atoms with Crippen LogP contribution in [-0.2, 0) is 25.8 Å². The predicted molar refractivity (Wildman–Crippen MR) is 70.3 cm³/mol. The van der Waals surface area contributed by atoms with Gasteiger partial charge in [0.05, 0.1) is 5.92 Å². The zero-order chi connectivity index (χ0) is 15.9. The Morgan fingerprint density at radius 1 is 1.23 bits per heavy atom. The van der Waals surface area contributed by atoms with Crippen molar-refractivity contribution in [3.63, 3.8) is 0 Å². The number of carbonyl (C=O) groups is 2. The van der Waals surface area contributed by atoms with Crippen molar-refractivity contribution in [2.45, 2.75) is 18.8 Å². The number of hydrogen-bond donors (Lipinski definition) is 3. The van der Waals surface area contributed by atoms with Gasteiger partial charge in [0.1, 0.15) is 11.7 Å². The minimum absolute atomic E-state index is 0.156. The molecule has 0 bridgehead atoms. The second-order valence-corrected chi connectivity index (χ2v) is 5.12. The van der Waals surface area contributed by atoms with E-state index in [9.17, 15) is 14.0 Å².